The molecular weight excluding hydrogens is 223 g/mol. The van der Waals surface area contributed by atoms with Crippen LogP contribution in [0.4, 0.5) is 13.2 Å². The van der Waals surface area contributed by atoms with Gasteiger partial charge in [-0.1, -0.05) is 20.3 Å². The van der Waals surface area contributed by atoms with Gasteiger partial charge in [0.05, 0.1) is 13.0 Å². The maximum absolute atomic E-state index is 12.4. The van der Waals surface area contributed by atoms with Crippen molar-refractivity contribution in [1.82, 2.24) is 0 Å². The lowest BCUT2D eigenvalue weighted by molar-refractivity contribution is -0.176. The maximum Gasteiger partial charge on any atom is 0.404 e. The second-order valence-corrected chi connectivity index (χ2v) is 3.95. The van der Waals surface area contributed by atoms with Crippen molar-refractivity contribution in [3.05, 3.63) is 0 Å². The normalized spacial score (nSPS) is 17.7. The molecule has 2 N–H and O–H groups in total. The molecule has 0 spiro atoms. The van der Waals surface area contributed by atoms with E-state index in [1.54, 1.807) is 6.92 Å². The van der Waals surface area contributed by atoms with Gasteiger partial charge in [0.1, 0.15) is 6.04 Å². The molecule has 0 aromatic carbocycles. The van der Waals surface area contributed by atoms with Crippen LogP contribution < -0.4 is 5.73 Å². The van der Waals surface area contributed by atoms with E-state index in [2.05, 4.69) is 4.74 Å². The maximum atomic E-state index is 12.4. The van der Waals surface area contributed by atoms with Gasteiger partial charge in [0.15, 0.2) is 0 Å². The number of carbonyl (C=O) groups excluding carboxylic acids is 1. The summed E-state index contributed by atoms with van der Waals surface area (Å²) in [6.45, 7) is 3.62. The van der Waals surface area contributed by atoms with Crippen LogP contribution in [0.1, 0.15) is 26.7 Å². The molecule has 6 heteroatoms. The van der Waals surface area contributed by atoms with E-state index in [9.17, 15) is 18.0 Å². The molecule has 0 amide bonds. The minimum Gasteiger partial charge on any atom is -0.469 e. The predicted molar refractivity (Wildman–Crippen MR) is 53.6 cm³/mol. The van der Waals surface area contributed by atoms with Gasteiger partial charge >= 0.3 is 12.1 Å². The van der Waals surface area contributed by atoms with Crippen molar-refractivity contribution in [2.24, 2.45) is 17.6 Å². The highest BCUT2D eigenvalue weighted by molar-refractivity contribution is 5.73. The summed E-state index contributed by atoms with van der Waals surface area (Å²) in [5, 5.41) is 0. The van der Waals surface area contributed by atoms with Crippen molar-refractivity contribution in [3.63, 3.8) is 0 Å². The summed E-state index contributed by atoms with van der Waals surface area (Å²) >= 11 is 0. The molecule has 0 fully saturated rings. The summed E-state index contributed by atoms with van der Waals surface area (Å²) in [5.74, 6) is -2.22. The van der Waals surface area contributed by atoms with Crippen molar-refractivity contribution in [1.29, 1.82) is 0 Å². The number of alkyl halides is 3. The van der Waals surface area contributed by atoms with E-state index in [4.69, 9.17) is 5.73 Å². The van der Waals surface area contributed by atoms with Gasteiger partial charge in [-0.2, -0.15) is 13.2 Å². The van der Waals surface area contributed by atoms with E-state index in [1.165, 1.54) is 0 Å². The highest BCUT2D eigenvalue weighted by Gasteiger charge is 2.45. The van der Waals surface area contributed by atoms with Crippen molar-refractivity contribution in [2.75, 3.05) is 7.11 Å². The van der Waals surface area contributed by atoms with Crippen LogP contribution in [0.25, 0.3) is 0 Å². The average molecular weight is 241 g/mol. The Bertz CT molecular complexity index is 231. The zero-order valence-electron chi connectivity index (χ0n) is 9.67. The average Bonchev–Trinajstić information content (AvgIpc) is 2.22. The van der Waals surface area contributed by atoms with E-state index in [0.717, 1.165) is 7.11 Å². The Morgan fingerprint density at radius 2 is 1.94 bits per heavy atom. The Hall–Kier alpha value is -0.780. The lowest BCUT2D eigenvalue weighted by Crippen LogP contribution is -2.47. The summed E-state index contributed by atoms with van der Waals surface area (Å²) in [4.78, 5) is 11.2. The first kappa shape index (κ1) is 15.2. The second-order valence-electron chi connectivity index (χ2n) is 3.95. The minimum absolute atomic E-state index is 0.00231. The number of nitrogens with two attached hydrogens (primary N) is 1. The summed E-state index contributed by atoms with van der Waals surface area (Å²) in [7, 11) is 1.06. The van der Waals surface area contributed by atoms with Crippen LogP contribution in [0.5, 0.6) is 0 Å². The molecule has 0 bridgehead atoms. The summed E-state index contributed by atoms with van der Waals surface area (Å²) < 4.78 is 41.6. The zero-order chi connectivity index (χ0) is 12.9. The lowest BCUT2D eigenvalue weighted by atomic mass is 9.88. The topological polar surface area (TPSA) is 52.3 Å². The smallest absolute Gasteiger partial charge is 0.404 e. The number of hydrogen-bond acceptors (Lipinski definition) is 3. The number of hydrogen-bond donors (Lipinski definition) is 1. The van der Waals surface area contributed by atoms with Crippen LogP contribution >= 0.6 is 0 Å². The van der Waals surface area contributed by atoms with E-state index in [0.29, 0.717) is 6.42 Å². The fourth-order valence-corrected chi connectivity index (χ4v) is 1.37. The quantitative estimate of drug-likeness (QED) is 0.750. The standard InChI is InChI=1S/C10H18F3NO2/c1-4-6(2)5-7(9(15)16-3)8(14)10(11,12)13/h6-8H,4-5,14H2,1-3H3/t6?,7-,8-/m0/s1. The third-order valence-electron chi connectivity index (χ3n) is 2.67. The molecule has 3 nitrogen and oxygen atoms in total. The number of esters is 1. The molecule has 0 aliphatic rings. The Kier molecular flexibility index (Phi) is 5.78. The third-order valence-corrected chi connectivity index (χ3v) is 2.67. The second kappa shape index (κ2) is 6.08. The molecule has 0 saturated carbocycles. The predicted octanol–water partition coefficient (Wildman–Crippen LogP) is 2.10. The van der Waals surface area contributed by atoms with Gasteiger partial charge in [-0.3, -0.25) is 4.79 Å². The molecular formula is C10H18F3NO2. The first-order valence-electron chi connectivity index (χ1n) is 5.14. The fourth-order valence-electron chi connectivity index (χ4n) is 1.37. The first-order chi connectivity index (χ1) is 7.23. The van der Waals surface area contributed by atoms with Crippen LogP contribution in [0.2, 0.25) is 0 Å². The van der Waals surface area contributed by atoms with Crippen LogP contribution in [0, 0.1) is 11.8 Å². The number of ether oxygens (including phenoxy) is 1. The van der Waals surface area contributed by atoms with E-state index < -0.39 is 24.1 Å². The Balaban J connectivity index is 4.74. The number of halogens is 3. The lowest BCUT2D eigenvalue weighted by Gasteiger charge is -2.25. The molecule has 0 rings (SSSR count). The van der Waals surface area contributed by atoms with Gasteiger partial charge in [-0.25, -0.2) is 0 Å². The number of carbonyl (C=O) groups is 1. The fraction of sp³-hybridized carbons (Fsp3) is 0.900. The number of rotatable bonds is 5. The van der Waals surface area contributed by atoms with Crippen molar-refractivity contribution in [3.8, 4) is 0 Å². The Labute approximate surface area is 93.1 Å². The Morgan fingerprint density at radius 3 is 2.25 bits per heavy atom. The molecule has 0 aromatic rings. The molecule has 0 radical (unpaired) electrons. The first-order valence-corrected chi connectivity index (χ1v) is 5.14. The number of methoxy groups -OCH3 is 1. The molecule has 0 aliphatic heterocycles. The van der Waals surface area contributed by atoms with Crippen molar-refractivity contribution < 1.29 is 22.7 Å². The third kappa shape index (κ3) is 4.38. The van der Waals surface area contributed by atoms with Crippen molar-refractivity contribution in [2.45, 2.75) is 38.9 Å². The van der Waals surface area contributed by atoms with Crippen LogP contribution in [0.15, 0.2) is 0 Å². The highest BCUT2D eigenvalue weighted by Crippen LogP contribution is 2.29. The van der Waals surface area contributed by atoms with Gasteiger partial charge in [-0.15, -0.1) is 0 Å². The van der Waals surface area contributed by atoms with Crippen molar-refractivity contribution >= 4 is 5.97 Å². The van der Waals surface area contributed by atoms with Gasteiger partial charge in [-0.05, 0) is 12.3 Å². The van der Waals surface area contributed by atoms with Gasteiger partial charge in [0.25, 0.3) is 0 Å². The van der Waals surface area contributed by atoms with Crippen LogP contribution in [0.3, 0.4) is 0 Å². The molecule has 0 heterocycles. The summed E-state index contributed by atoms with van der Waals surface area (Å²) in [6, 6.07) is -2.16. The van der Waals surface area contributed by atoms with Gasteiger partial charge in [0, 0.05) is 0 Å². The molecule has 16 heavy (non-hydrogen) atoms. The molecule has 1 unspecified atom stereocenters. The monoisotopic (exact) mass is 241 g/mol. The van der Waals surface area contributed by atoms with Crippen LogP contribution in [-0.4, -0.2) is 25.3 Å². The molecule has 3 atom stereocenters. The zero-order valence-corrected chi connectivity index (χ0v) is 9.67. The SMILES string of the molecule is CCC(C)C[C@H](C(=O)OC)[C@H](N)C(F)(F)F. The molecule has 0 aliphatic carbocycles. The molecule has 96 valence electrons. The van der Waals surface area contributed by atoms with Crippen LogP contribution in [-0.2, 0) is 9.53 Å². The Morgan fingerprint density at radius 1 is 1.44 bits per heavy atom. The largest absolute Gasteiger partial charge is 0.469 e. The minimum atomic E-state index is -4.58. The van der Waals surface area contributed by atoms with E-state index in [-0.39, 0.29) is 12.3 Å². The van der Waals surface area contributed by atoms with Gasteiger partial charge in [0.2, 0.25) is 0 Å². The molecule has 0 aromatic heterocycles. The summed E-state index contributed by atoms with van der Waals surface area (Å²) in [5.41, 5.74) is 5.05. The summed E-state index contributed by atoms with van der Waals surface area (Å²) in [6.07, 6.45) is -3.80. The molecule has 0 saturated heterocycles. The van der Waals surface area contributed by atoms with Gasteiger partial charge < -0.3 is 10.5 Å². The van der Waals surface area contributed by atoms with E-state index in [1.807, 2.05) is 6.92 Å². The van der Waals surface area contributed by atoms with E-state index >= 15 is 0 Å². The highest BCUT2D eigenvalue weighted by atomic mass is 19.4.